The molecule has 1 aromatic heterocycles. The summed E-state index contributed by atoms with van der Waals surface area (Å²) < 4.78 is 4.87. The van der Waals surface area contributed by atoms with Gasteiger partial charge in [0.25, 0.3) is 0 Å². The molecule has 1 rings (SSSR count). The van der Waals surface area contributed by atoms with Crippen LogP contribution in [0, 0.1) is 21.4 Å². The largest absolute Gasteiger partial charge is 0.463 e. The predicted octanol–water partition coefficient (Wildman–Crippen LogP) is 1.07. The van der Waals surface area contributed by atoms with Crippen molar-refractivity contribution in [3.8, 4) is 6.07 Å². The minimum atomic E-state index is -2.14. The molecule has 0 bridgehead atoms. The lowest BCUT2D eigenvalue weighted by molar-refractivity contribution is -0.484. The molecule has 0 saturated heterocycles. The number of hydrogen-bond donors (Lipinski definition) is 1. The lowest BCUT2D eigenvalue weighted by Gasteiger charge is -2.30. The van der Waals surface area contributed by atoms with E-state index in [1.165, 1.54) is 0 Å². The van der Waals surface area contributed by atoms with E-state index in [0.29, 0.717) is 4.88 Å². The first-order valence-corrected chi connectivity index (χ1v) is 7.27. The van der Waals surface area contributed by atoms with Crippen molar-refractivity contribution in [2.75, 3.05) is 13.2 Å². The number of carbonyl (C=O) groups is 2. The second-order valence-electron chi connectivity index (χ2n) is 4.40. The van der Waals surface area contributed by atoms with Crippen LogP contribution in [0.25, 0.3) is 0 Å². The van der Waals surface area contributed by atoms with Crippen LogP contribution >= 0.6 is 11.3 Å². The zero-order valence-electron chi connectivity index (χ0n) is 12.1. The van der Waals surface area contributed by atoms with Crippen LogP contribution in [0.2, 0.25) is 0 Å². The lowest BCUT2D eigenvalue weighted by atomic mass is 9.83. The summed E-state index contributed by atoms with van der Waals surface area (Å²) in [4.78, 5) is 34.5. The Morgan fingerprint density at radius 3 is 2.73 bits per heavy atom. The van der Waals surface area contributed by atoms with Gasteiger partial charge in [-0.1, -0.05) is 6.07 Å². The van der Waals surface area contributed by atoms with Gasteiger partial charge in [0.15, 0.2) is 0 Å². The summed E-state index contributed by atoms with van der Waals surface area (Å²) in [5.41, 5.74) is -2.14. The number of nitro groups is 1. The fourth-order valence-corrected chi connectivity index (χ4v) is 2.92. The van der Waals surface area contributed by atoms with Gasteiger partial charge in [0.1, 0.15) is 12.0 Å². The number of carbonyl (C=O) groups excluding carboxylic acids is 2. The third-order valence-electron chi connectivity index (χ3n) is 2.89. The van der Waals surface area contributed by atoms with Crippen molar-refractivity contribution in [3.63, 3.8) is 0 Å². The molecule has 0 aliphatic heterocycles. The predicted molar refractivity (Wildman–Crippen MR) is 77.7 cm³/mol. The maximum atomic E-state index is 12.3. The van der Waals surface area contributed by atoms with E-state index >= 15 is 0 Å². The van der Waals surface area contributed by atoms with Crippen LogP contribution in [-0.2, 0) is 14.3 Å². The lowest BCUT2D eigenvalue weighted by Crippen LogP contribution is -2.59. The fraction of sp³-hybridized carbons (Fsp3) is 0.462. The molecule has 1 amide bonds. The Morgan fingerprint density at radius 1 is 1.64 bits per heavy atom. The molecule has 9 heteroatoms. The number of nitrogens with one attached hydrogen (secondary N) is 1. The van der Waals surface area contributed by atoms with Crippen molar-refractivity contribution < 1.29 is 19.2 Å². The number of nitriles is 1. The molecule has 22 heavy (non-hydrogen) atoms. The normalized spacial score (nSPS) is 14.2. The van der Waals surface area contributed by atoms with Crippen molar-refractivity contribution in [2.24, 2.45) is 0 Å². The Hall–Kier alpha value is -2.47. The zero-order valence-corrected chi connectivity index (χ0v) is 12.9. The summed E-state index contributed by atoms with van der Waals surface area (Å²) in [7, 11) is 0. The van der Waals surface area contributed by atoms with E-state index in [4.69, 9.17) is 4.74 Å². The average molecular weight is 325 g/mol. The molecule has 118 valence electrons. The third-order valence-corrected chi connectivity index (χ3v) is 3.87. The van der Waals surface area contributed by atoms with Crippen LogP contribution in [-0.4, -0.2) is 35.5 Å². The highest BCUT2D eigenvalue weighted by atomic mass is 32.1. The van der Waals surface area contributed by atoms with Crippen molar-refractivity contribution in [1.29, 1.82) is 5.26 Å². The highest BCUT2D eigenvalue weighted by molar-refractivity contribution is 7.10. The quantitative estimate of drug-likeness (QED) is 0.454. The van der Waals surface area contributed by atoms with E-state index in [1.807, 2.05) is 0 Å². The Balaban J connectivity index is 3.41. The summed E-state index contributed by atoms with van der Waals surface area (Å²) in [5, 5.41) is 24.4. The molecule has 1 N–H and O–H groups in total. The van der Waals surface area contributed by atoms with Gasteiger partial charge in [-0.15, -0.1) is 11.3 Å². The minimum Gasteiger partial charge on any atom is -0.463 e. The van der Waals surface area contributed by atoms with Crippen LogP contribution < -0.4 is 5.32 Å². The third kappa shape index (κ3) is 3.79. The van der Waals surface area contributed by atoms with Crippen molar-refractivity contribution in [1.82, 2.24) is 5.32 Å². The molecule has 0 aliphatic carbocycles. The van der Waals surface area contributed by atoms with Crippen LogP contribution in [0.5, 0.6) is 0 Å². The molecule has 2 atom stereocenters. The van der Waals surface area contributed by atoms with Crippen LogP contribution in [0.4, 0.5) is 0 Å². The van der Waals surface area contributed by atoms with E-state index in [9.17, 15) is 25.0 Å². The van der Waals surface area contributed by atoms with Crippen LogP contribution in [0.1, 0.15) is 24.6 Å². The Bertz CT molecular complexity index is 595. The molecule has 0 aliphatic rings. The molecule has 0 aromatic carbocycles. The van der Waals surface area contributed by atoms with E-state index in [0.717, 1.165) is 18.3 Å². The summed E-state index contributed by atoms with van der Waals surface area (Å²) in [5.74, 6) is -2.80. The summed E-state index contributed by atoms with van der Waals surface area (Å²) in [6, 6.07) is 4.94. The summed E-state index contributed by atoms with van der Waals surface area (Å²) in [6.07, 6.45) is 0. The van der Waals surface area contributed by atoms with Gasteiger partial charge in [0.2, 0.25) is 18.0 Å². The number of hydrogen-bond acceptors (Lipinski definition) is 7. The first kappa shape index (κ1) is 17.6. The topological polar surface area (TPSA) is 122 Å². The monoisotopic (exact) mass is 325 g/mol. The Kier molecular flexibility index (Phi) is 6.00. The van der Waals surface area contributed by atoms with E-state index in [1.54, 1.807) is 30.5 Å². The average Bonchev–Trinajstić information content (AvgIpc) is 2.96. The van der Waals surface area contributed by atoms with Gasteiger partial charge in [-0.05, 0) is 18.4 Å². The summed E-state index contributed by atoms with van der Waals surface area (Å²) >= 11 is 1.16. The maximum Gasteiger partial charge on any atom is 0.347 e. The number of ether oxygens (including phenoxy) is 1. The Labute approximate surface area is 130 Å². The molecule has 0 radical (unpaired) electrons. The van der Waals surface area contributed by atoms with Gasteiger partial charge in [0.05, 0.1) is 6.61 Å². The number of thiophene rings is 1. The molecule has 0 fully saturated rings. The SMILES string of the molecule is CCOC(=O)C(C#N)(NC(C)=O)C(C[N+](=O)[O-])c1cccs1. The van der Waals surface area contributed by atoms with Crippen LogP contribution in [0.15, 0.2) is 17.5 Å². The number of amides is 1. The van der Waals surface area contributed by atoms with Gasteiger partial charge in [-0.2, -0.15) is 5.26 Å². The molecule has 2 unspecified atom stereocenters. The first-order valence-electron chi connectivity index (χ1n) is 6.39. The molecule has 0 saturated carbocycles. The molecular weight excluding hydrogens is 310 g/mol. The van der Waals surface area contributed by atoms with Gasteiger partial charge in [0, 0.05) is 16.7 Å². The van der Waals surface area contributed by atoms with Gasteiger partial charge >= 0.3 is 5.97 Å². The second kappa shape index (κ2) is 7.51. The maximum absolute atomic E-state index is 12.3. The Morgan fingerprint density at radius 2 is 2.32 bits per heavy atom. The highest BCUT2D eigenvalue weighted by Crippen LogP contribution is 2.33. The fourth-order valence-electron chi connectivity index (χ4n) is 2.03. The standard InChI is InChI=1S/C13H15N3O5S/c1-3-21-12(18)13(8-14,15-9(2)17)10(7-16(19)20)11-5-4-6-22-11/h4-6,10H,3,7H2,1-2H3,(H,15,17). The molecular formula is C13H15N3O5S. The first-order chi connectivity index (χ1) is 10.4. The van der Waals surface area contributed by atoms with Gasteiger partial charge in [-0.25, -0.2) is 4.79 Å². The smallest absolute Gasteiger partial charge is 0.347 e. The van der Waals surface area contributed by atoms with Gasteiger partial charge < -0.3 is 10.1 Å². The highest BCUT2D eigenvalue weighted by Gasteiger charge is 2.52. The second-order valence-corrected chi connectivity index (χ2v) is 5.38. The van der Waals surface area contributed by atoms with E-state index in [-0.39, 0.29) is 6.61 Å². The number of esters is 1. The summed E-state index contributed by atoms with van der Waals surface area (Å²) in [6.45, 7) is 1.97. The zero-order chi connectivity index (χ0) is 16.8. The van der Waals surface area contributed by atoms with Gasteiger partial charge in [-0.3, -0.25) is 14.9 Å². The molecule has 1 heterocycles. The number of rotatable bonds is 7. The van der Waals surface area contributed by atoms with Crippen LogP contribution in [0.3, 0.4) is 0 Å². The molecule has 0 spiro atoms. The van der Waals surface area contributed by atoms with Crippen molar-refractivity contribution in [3.05, 3.63) is 32.5 Å². The van der Waals surface area contributed by atoms with Crippen molar-refractivity contribution >= 4 is 23.2 Å². The molecule has 1 aromatic rings. The van der Waals surface area contributed by atoms with E-state index in [2.05, 4.69) is 5.32 Å². The number of nitrogens with zero attached hydrogens (tertiary/aromatic N) is 2. The van der Waals surface area contributed by atoms with Crippen molar-refractivity contribution in [2.45, 2.75) is 25.3 Å². The minimum absolute atomic E-state index is 0.0164. The van der Waals surface area contributed by atoms with E-state index < -0.39 is 34.8 Å². The molecule has 8 nitrogen and oxygen atoms in total.